The quantitative estimate of drug-likeness (QED) is 0.910. The van der Waals surface area contributed by atoms with E-state index in [1.165, 1.54) is 6.42 Å². The van der Waals surface area contributed by atoms with Crippen LogP contribution in [0.2, 0.25) is 0 Å². The molecule has 4 heterocycles. The molecule has 3 aliphatic heterocycles. The van der Waals surface area contributed by atoms with E-state index in [-0.39, 0.29) is 11.3 Å². The Bertz CT molecular complexity index is 890. The summed E-state index contributed by atoms with van der Waals surface area (Å²) in [4.78, 5) is 33.0. The Morgan fingerprint density at radius 1 is 1.11 bits per heavy atom. The molecule has 0 aliphatic carbocycles. The van der Waals surface area contributed by atoms with Gasteiger partial charge in [-0.25, -0.2) is 0 Å². The number of rotatable bonds is 3. The van der Waals surface area contributed by atoms with Crippen molar-refractivity contribution >= 4 is 5.91 Å². The minimum Gasteiger partial charge on any atom is -0.363 e. The summed E-state index contributed by atoms with van der Waals surface area (Å²) in [5, 5.41) is 0. The van der Waals surface area contributed by atoms with E-state index in [4.69, 9.17) is 0 Å². The van der Waals surface area contributed by atoms with Crippen LogP contribution >= 0.6 is 0 Å². The van der Waals surface area contributed by atoms with Crippen LogP contribution in [0.25, 0.3) is 0 Å². The highest BCUT2D eigenvalue weighted by Crippen LogP contribution is 2.30. The molecule has 1 aromatic heterocycles. The molecule has 5 heteroatoms. The van der Waals surface area contributed by atoms with Gasteiger partial charge in [0.2, 0.25) is 0 Å². The van der Waals surface area contributed by atoms with Crippen molar-refractivity contribution < 1.29 is 4.79 Å². The van der Waals surface area contributed by atoms with Gasteiger partial charge in [-0.1, -0.05) is 18.2 Å². The summed E-state index contributed by atoms with van der Waals surface area (Å²) in [7, 11) is 0. The molecule has 0 radical (unpaired) electrons. The van der Waals surface area contributed by atoms with Gasteiger partial charge in [-0.2, -0.15) is 0 Å². The Morgan fingerprint density at radius 2 is 1.89 bits per heavy atom. The molecular formula is C22H27N3O2. The number of benzene rings is 1. The van der Waals surface area contributed by atoms with Crippen LogP contribution in [-0.4, -0.2) is 46.4 Å². The van der Waals surface area contributed by atoms with Gasteiger partial charge in [0.25, 0.3) is 5.91 Å². The number of hydrogen-bond donors (Lipinski definition) is 1. The largest absolute Gasteiger partial charge is 0.363 e. The minimum atomic E-state index is 0.129. The van der Waals surface area contributed by atoms with Gasteiger partial charge in [-0.05, 0) is 44.7 Å². The van der Waals surface area contributed by atoms with E-state index in [0.29, 0.717) is 12.0 Å². The third kappa shape index (κ3) is 3.56. The Hall–Kier alpha value is -2.40. The molecule has 2 aromatic rings. The molecule has 142 valence electrons. The zero-order chi connectivity index (χ0) is 19.0. The highest BCUT2D eigenvalue weighted by atomic mass is 16.2. The number of amides is 1. The summed E-state index contributed by atoms with van der Waals surface area (Å²) in [6.07, 6.45) is 4.09. The molecule has 1 amide bonds. The smallest absolute Gasteiger partial charge is 0.253 e. The Morgan fingerprint density at radius 3 is 2.67 bits per heavy atom. The standard InChI is InChI=1S/C22H27N3O2/c1-15-10-23-20(16(2)21(15)26)14-24-11-17-8-9-19(24)13-25(12-17)22(27)18-6-4-3-5-7-18/h3-7,10,17,19H,8-9,11-14H2,1-2H3,(H,23,26)/t17-,19-/m1/s1. The highest BCUT2D eigenvalue weighted by Gasteiger charge is 2.36. The van der Waals surface area contributed by atoms with Gasteiger partial charge in [0, 0.05) is 60.8 Å². The van der Waals surface area contributed by atoms with E-state index in [0.717, 1.165) is 55.0 Å². The molecule has 0 saturated carbocycles. The SMILES string of the molecule is Cc1c[nH]c(CN2C[C@H]3CC[C@@H]2CN(C(=O)c2ccccc2)C3)c(C)c1=O. The van der Waals surface area contributed by atoms with Crippen molar-refractivity contribution in [3.05, 3.63) is 69.1 Å². The topological polar surface area (TPSA) is 56.4 Å². The fraction of sp³-hybridized carbons (Fsp3) is 0.455. The molecule has 5 nitrogen and oxygen atoms in total. The lowest BCUT2D eigenvalue weighted by atomic mass is 9.94. The molecule has 3 aliphatic rings. The number of carbonyl (C=O) groups is 1. The predicted molar refractivity (Wildman–Crippen MR) is 106 cm³/mol. The molecule has 2 atom stereocenters. The van der Waals surface area contributed by atoms with Crippen LogP contribution in [0, 0.1) is 19.8 Å². The first kappa shape index (κ1) is 18.0. The van der Waals surface area contributed by atoms with E-state index in [1.54, 1.807) is 0 Å². The van der Waals surface area contributed by atoms with E-state index in [1.807, 2.05) is 55.3 Å². The van der Waals surface area contributed by atoms with E-state index >= 15 is 0 Å². The first-order valence-corrected chi connectivity index (χ1v) is 9.79. The van der Waals surface area contributed by atoms with Gasteiger partial charge in [-0.3, -0.25) is 14.5 Å². The van der Waals surface area contributed by atoms with Gasteiger partial charge in [0.1, 0.15) is 0 Å². The van der Waals surface area contributed by atoms with E-state index < -0.39 is 0 Å². The van der Waals surface area contributed by atoms with Gasteiger partial charge < -0.3 is 9.88 Å². The number of nitrogens with one attached hydrogen (secondary N) is 1. The second kappa shape index (κ2) is 7.31. The predicted octanol–water partition coefficient (Wildman–Crippen LogP) is 2.73. The summed E-state index contributed by atoms with van der Waals surface area (Å²) in [5.41, 5.74) is 3.47. The summed E-state index contributed by atoms with van der Waals surface area (Å²) in [5.74, 6) is 0.628. The molecule has 1 N–H and O–H groups in total. The van der Waals surface area contributed by atoms with Crippen LogP contribution < -0.4 is 5.43 Å². The lowest BCUT2D eigenvalue weighted by molar-refractivity contribution is 0.0735. The Labute approximate surface area is 160 Å². The van der Waals surface area contributed by atoms with Crippen LogP contribution in [0.5, 0.6) is 0 Å². The van der Waals surface area contributed by atoms with Crippen molar-refractivity contribution in [3.63, 3.8) is 0 Å². The molecule has 1 aromatic carbocycles. The Balaban J connectivity index is 1.53. The summed E-state index contributed by atoms with van der Waals surface area (Å²) < 4.78 is 0. The number of fused-ring (bicyclic) bond motifs is 4. The number of aromatic amines is 1. The van der Waals surface area contributed by atoms with Crippen LogP contribution in [0.15, 0.2) is 41.3 Å². The number of pyridine rings is 1. The monoisotopic (exact) mass is 365 g/mol. The molecule has 0 spiro atoms. The first-order chi connectivity index (χ1) is 13.0. The molecule has 27 heavy (non-hydrogen) atoms. The maximum Gasteiger partial charge on any atom is 0.253 e. The lowest BCUT2D eigenvalue weighted by Crippen LogP contribution is -2.44. The third-order valence-electron chi connectivity index (χ3n) is 6.11. The zero-order valence-corrected chi connectivity index (χ0v) is 16.1. The summed E-state index contributed by atoms with van der Waals surface area (Å²) >= 11 is 0. The molecule has 5 rings (SSSR count). The molecule has 2 bridgehead atoms. The van der Waals surface area contributed by atoms with Gasteiger partial charge >= 0.3 is 0 Å². The Kier molecular flexibility index (Phi) is 4.87. The molecule has 0 unspecified atom stereocenters. The number of aryl methyl sites for hydroxylation is 1. The fourth-order valence-corrected chi connectivity index (χ4v) is 4.47. The van der Waals surface area contributed by atoms with Gasteiger partial charge in [0.15, 0.2) is 5.43 Å². The second-order valence-corrected chi connectivity index (χ2v) is 8.01. The molecular weight excluding hydrogens is 338 g/mol. The number of aromatic nitrogens is 1. The first-order valence-electron chi connectivity index (χ1n) is 9.79. The molecule has 3 saturated heterocycles. The van der Waals surface area contributed by atoms with Crippen LogP contribution in [0.1, 0.15) is 40.0 Å². The molecule has 3 fully saturated rings. The number of hydrogen-bond acceptors (Lipinski definition) is 3. The van der Waals surface area contributed by atoms with Crippen molar-refractivity contribution in [2.75, 3.05) is 19.6 Å². The van der Waals surface area contributed by atoms with Crippen molar-refractivity contribution in [1.29, 1.82) is 0 Å². The van der Waals surface area contributed by atoms with Crippen molar-refractivity contribution in [1.82, 2.24) is 14.8 Å². The average molecular weight is 365 g/mol. The van der Waals surface area contributed by atoms with Gasteiger partial charge in [0.05, 0.1) is 0 Å². The van der Waals surface area contributed by atoms with Crippen LogP contribution in [0.3, 0.4) is 0 Å². The lowest BCUT2D eigenvalue weighted by Gasteiger charge is -2.36. The van der Waals surface area contributed by atoms with Crippen LogP contribution in [0.4, 0.5) is 0 Å². The highest BCUT2D eigenvalue weighted by molar-refractivity contribution is 5.94. The fourth-order valence-electron chi connectivity index (χ4n) is 4.47. The van der Waals surface area contributed by atoms with E-state index in [9.17, 15) is 9.59 Å². The average Bonchev–Trinajstić information content (AvgIpc) is 3.00. The minimum absolute atomic E-state index is 0.129. The maximum atomic E-state index is 12.9. The number of nitrogens with zero attached hydrogens (tertiary/aromatic N) is 2. The van der Waals surface area contributed by atoms with Gasteiger partial charge in [-0.15, -0.1) is 0 Å². The number of piperidine rings is 1. The zero-order valence-electron chi connectivity index (χ0n) is 16.1. The maximum absolute atomic E-state index is 12.9. The number of H-pyrrole nitrogens is 1. The number of carbonyl (C=O) groups excluding carboxylic acids is 1. The second-order valence-electron chi connectivity index (χ2n) is 8.01. The van der Waals surface area contributed by atoms with E-state index in [2.05, 4.69) is 9.88 Å². The normalized spacial score (nSPS) is 22.7. The van der Waals surface area contributed by atoms with Crippen molar-refractivity contribution in [2.45, 2.75) is 39.3 Å². The third-order valence-corrected chi connectivity index (χ3v) is 6.11. The summed E-state index contributed by atoms with van der Waals surface area (Å²) in [6, 6.07) is 9.92. The van der Waals surface area contributed by atoms with Crippen LogP contribution in [-0.2, 0) is 6.54 Å². The summed E-state index contributed by atoms with van der Waals surface area (Å²) in [6.45, 7) is 7.07. The van der Waals surface area contributed by atoms with Crippen molar-refractivity contribution in [2.24, 2.45) is 5.92 Å². The van der Waals surface area contributed by atoms with Crippen molar-refractivity contribution in [3.8, 4) is 0 Å².